The van der Waals surface area contributed by atoms with Crippen LogP contribution < -0.4 is 4.74 Å². The number of ketones is 1. The summed E-state index contributed by atoms with van der Waals surface area (Å²) in [5, 5.41) is 19.7. The van der Waals surface area contributed by atoms with Crippen LogP contribution in [0.2, 0.25) is 0 Å². The quantitative estimate of drug-likeness (QED) is 0.462. The summed E-state index contributed by atoms with van der Waals surface area (Å²) in [6.07, 6.45) is 0. The Bertz CT molecular complexity index is 546. The van der Waals surface area contributed by atoms with Crippen LogP contribution in [-0.4, -0.2) is 17.8 Å². The average Bonchev–Trinajstić information content (AvgIpc) is 2.37. The van der Waals surface area contributed by atoms with Gasteiger partial charge in [-0.15, -0.1) is 0 Å². The lowest BCUT2D eigenvalue weighted by Gasteiger charge is -2.12. The van der Waals surface area contributed by atoms with E-state index in [1.807, 2.05) is 6.07 Å². The van der Waals surface area contributed by atoms with Crippen LogP contribution in [0.4, 0.5) is 5.69 Å². The molecule has 0 aliphatic rings. The SMILES string of the molecule is COc1cc(C(=O)C(C#N)C(C)C)ccc1[N+](=O)[O-]. The Morgan fingerprint density at radius 1 is 1.47 bits per heavy atom. The van der Waals surface area contributed by atoms with Crippen molar-refractivity contribution in [2.45, 2.75) is 13.8 Å². The van der Waals surface area contributed by atoms with Gasteiger partial charge in [-0.3, -0.25) is 14.9 Å². The van der Waals surface area contributed by atoms with Crippen molar-refractivity contribution in [1.29, 1.82) is 5.26 Å². The first-order chi connectivity index (χ1) is 8.92. The van der Waals surface area contributed by atoms with Crippen LogP contribution in [0.5, 0.6) is 5.75 Å². The van der Waals surface area contributed by atoms with Crippen molar-refractivity contribution >= 4 is 11.5 Å². The van der Waals surface area contributed by atoms with E-state index in [1.54, 1.807) is 13.8 Å². The maximum Gasteiger partial charge on any atom is 0.310 e. The highest BCUT2D eigenvalue weighted by Crippen LogP contribution is 2.29. The summed E-state index contributed by atoms with van der Waals surface area (Å²) in [7, 11) is 1.29. The number of rotatable bonds is 5. The molecule has 0 aliphatic heterocycles. The van der Waals surface area contributed by atoms with Crippen LogP contribution in [0.15, 0.2) is 18.2 Å². The number of methoxy groups -OCH3 is 1. The Labute approximate surface area is 110 Å². The van der Waals surface area contributed by atoms with Crippen molar-refractivity contribution in [2.75, 3.05) is 7.11 Å². The minimum Gasteiger partial charge on any atom is -0.490 e. The molecule has 19 heavy (non-hydrogen) atoms. The Morgan fingerprint density at radius 2 is 2.11 bits per heavy atom. The van der Waals surface area contributed by atoms with E-state index in [0.717, 1.165) is 0 Å². The van der Waals surface area contributed by atoms with Crippen LogP contribution in [-0.2, 0) is 0 Å². The van der Waals surface area contributed by atoms with Crippen molar-refractivity contribution < 1.29 is 14.5 Å². The summed E-state index contributed by atoms with van der Waals surface area (Å²) < 4.78 is 4.89. The number of nitrogens with zero attached hydrogens (tertiary/aromatic N) is 2. The van der Waals surface area contributed by atoms with Gasteiger partial charge in [-0.2, -0.15) is 5.26 Å². The number of ether oxygens (including phenoxy) is 1. The van der Waals surface area contributed by atoms with Crippen molar-refractivity contribution in [1.82, 2.24) is 0 Å². The molecule has 6 nitrogen and oxygen atoms in total. The number of carbonyl (C=O) groups excluding carboxylic acids is 1. The Balaban J connectivity index is 3.20. The van der Waals surface area contributed by atoms with Crippen molar-refractivity contribution in [2.24, 2.45) is 11.8 Å². The molecule has 1 atom stereocenters. The zero-order valence-electron chi connectivity index (χ0n) is 10.9. The molecule has 0 saturated heterocycles. The van der Waals surface area contributed by atoms with Crippen LogP contribution >= 0.6 is 0 Å². The lowest BCUT2D eigenvalue weighted by atomic mass is 9.89. The Kier molecular flexibility index (Phi) is 4.59. The lowest BCUT2D eigenvalue weighted by molar-refractivity contribution is -0.385. The van der Waals surface area contributed by atoms with E-state index in [0.29, 0.717) is 0 Å². The van der Waals surface area contributed by atoms with E-state index < -0.39 is 10.8 Å². The molecule has 6 heteroatoms. The monoisotopic (exact) mass is 262 g/mol. The Hall–Kier alpha value is -2.42. The van der Waals surface area contributed by atoms with E-state index >= 15 is 0 Å². The molecule has 1 rings (SSSR count). The molecule has 0 N–H and O–H groups in total. The molecule has 1 aromatic carbocycles. The van der Waals surface area contributed by atoms with E-state index in [-0.39, 0.29) is 28.7 Å². The molecule has 100 valence electrons. The Morgan fingerprint density at radius 3 is 2.53 bits per heavy atom. The van der Waals surface area contributed by atoms with Gasteiger partial charge in [0.15, 0.2) is 11.5 Å². The van der Waals surface area contributed by atoms with Gasteiger partial charge in [0.05, 0.1) is 18.1 Å². The molecular formula is C13H14N2O4. The predicted molar refractivity (Wildman–Crippen MR) is 67.9 cm³/mol. The fourth-order valence-corrected chi connectivity index (χ4v) is 1.67. The summed E-state index contributed by atoms with van der Waals surface area (Å²) in [6.45, 7) is 3.54. The van der Waals surface area contributed by atoms with Gasteiger partial charge in [-0.05, 0) is 18.1 Å². The number of nitriles is 1. The smallest absolute Gasteiger partial charge is 0.310 e. The number of Topliss-reactive ketones (excluding diaryl/α,β-unsaturated/α-hetero) is 1. The second-order valence-electron chi connectivity index (χ2n) is 4.36. The first-order valence-corrected chi connectivity index (χ1v) is 5.68. The van der Waals surface area contributed by atoms with E-state index in [4.69, 9.17) is 10.00 Å². The fraction of sp³-hybridized carbons (Fsp3) is 0.385. The summed E-state index contributed by atoms with van der Waals surface area (Å²) in [5.41, 5.74) is 0.0276. The van der Waals surface area contributed by atoms with E-state index in [1.165, 1.54) is 25.3 Å². The van der Waals surface area contributed by atoms with Crippen LogP contribution in [0.3, 0.4) is 0 Å². The van der Waals surface area contributed by atoms with Gasteiger partial charge < -0.3 is 4.74 Å². The van der Waals surface area contributed by atoms with Gasteiger partial charge in [0, 0.05) is 11.6 Å². The number of hydrogen-bond acceptors (Lipinski definition) is 5. The van der Waals surface area contributed by atoms with Gasteiger partial charge in [0.25, 0.3) is 0 Å². The minimum absolute atomic E-state index is 0.0105. The number of carbonyl (C=O) groups is 1. The molecule has 0 saturated carbocycles. The number of nitro benzene ring substituents is 1. The third-order valence-corrected chi connectivity index (χ3v) is 2.75. The van der Waals surface area contributed by atoms with Crippen molar-refractivity contribution in [3.05, 3.63) is 33.9 Å². The zero-order valence-corrected chi connectivity index (χ0v) is 10.9. The van der Waals surface area contributed by atoms with Crippen LogP contribution in [0, 0.1) is 33.3 Å². The van der Waals surface area contributed by atoms with Crippen LogP contribution in [0.25, 0.3) is 0 Å². The number of benzene rings is 1. The third-order valence-electron chi connectivity index (χ3n) is 2.75. The summed E-state index contributed by atoms with van der Waals surface area (Å²) in [4.78, 5) is 22.3. The van der Waals surface area contributed by atoms with Crippen molar-refractivity contribution in [3.8, 4) is 11.8 Å². The fourth-order valence-electron chi connectivity index (χ4n) is 1.67. The molecule has 0 bridgehead atoms. The summed E-state index contributed by atoms with van der Waals surface area (Å²) in [5.74, 6) is -1.24. The maximum absolute atomic E-state index is 12.1. The molecule has 1 unspecified atom stereocenters. The third kappa shape index (κ3) is 3.07. The standard InChI is InChI=1S/C13H14N2O4/c1-8(2)10(7-14)13(16)9-4-5-11(15(17)18)12(6-9)19-3/h4-6,8,10H,1-3H3. The molecule has 0 spiro atoms. The van der Waals surface area contributed by atoms with Gasteiger partial charge in [0.2, 0.25) is 0 Å². The second kappa shape index (κ2) is 5.96. The van der Waals surface area contributed by atoms with Gasteiger partial charge >= 0.3 is 5.69 Å². The number of nitro groups is 1. The normalized spacial score (nSPS) is 11.7. The highest BCUT2D eigenvalue weighted by atomic mass is 16.6. The molecule has 0 aromatic heterocycles. The van der Waals surface area contributed by atoms with E-state index in [9.17, 15) is 14.9 Å². The largest absolute Gasteiger partial charge is 0.490 e. The average molecular weight is 262 g/mol. The molecule has 0 heterocycles. The van der Waals surface area contributed by atoms with Gasteiger partial charge in [-0.1, -0.05) is 13.8 Å². The molecule has 0 radical (unpaired) electrons. The topological polar surface area (TPSA) is 93.2 Å². The van der Waals surface area contributed by atoms with Gasteiger partial charge in [-0.25, -0.2) is 0 Å². The van der Waals surface area contributed by atoms with Gasteiger partial charge in [0.1, 0.15) is 5.92 Å². The molecular weight excluding hydrogens is 248 g/mol. The molecule has 0 fully saturated rings. The molecule has 0 amide bonds. The predicted octanol–water partition coefficient (Wildman–Crippen LogP) is 2.58. The first-order valence-electron chi connectivity index (χ1n) is 5.68. The highest BCUT2D eigenvalue weighted by Gasteiger charge is 2.25. The molecule has 1 aromatic rings. The number of hydrogen-bond donors (Lipinski definition) is 0. The zero-order chi connectivity index (χ0) is 14.6. The molecule has 0 aliphatic carbocycles. The lowest BCUT2D eigenvalue weighted by Crippen LogP contribution is -2.18. The van der Waals surface area contributed by atoms with Crippen molar-refractivity contribution in [3.63, 3.8) is 0 Å². The minimum atomic E-state index is -0.772. The summed E-state index contributed by atoms with van der Waals surface area (Å²) >= 11 is 0. The van der Waals surface area contributed by atoms with Crippen LogP contribution in [0.1, 0.15) is 24.2 Å². The highest BCUT2D eigenvalue weighted by molar-refractivity contribution is 6.00. The van der Waals surface area contributed by atoms with E-state index in [2.05, 4.69) is 0 Å². The first kappa shape index (κ1) is 14.6. The summed E-state index contributed by atoms with van der Waals surface area (Å²) in [6, 6.07) is 5.80. The maximum atomic E-state index is 12.1. The second-order valence-corrected chi connectivity index (χ2v) is 4.36.